The number of fused-ring (bicyclic) bond motifs is 1. The van der Waals surface area contributed by atoms with Gasteiger partial charge in [-0.15, -0.1) is 0 Å². The average Bonchev–Trinajstić information content (AvgIpc) is 2.90. The fraction of sp³-hybridized carbons (Fsp3) is 0.263. The summed E-state index contributed by atoms with van der Waals surface area (Å²) in [6, 6.07) is 5.29. The number of carbonyl (C=O) groups excluding carboxylic acids is 2. The molecule has 1 atom stereocenters. The Bertz CT molecular complexity index is 959. The molecule has 1 unspecified atom stereocenters. The van der Waals surface area contributed by atoms with Crippen LogP contribution >= 0.6 is 11.6 Å². The van der Waals surface area contributed by atoms with Gasteiger partial charge in [0, 0.05) is 17.0 Å². The number of nitrogens with one attached hydrogen (secondary N) is 1. The first kappa shape index (κ1) is 20.1. The van der Waals surface area contributed by atoms with Crippen molar-refractivity contribution in [2.75, 3.05) is 11.9 Å². The number of anilines is 1. The van der Waals surface area contributed by atoms with Crippen molar-refractivity contribution >= 4 is 29.0 Å². The molecule has 0 fully saturated rings. The summed E-state index contributed by atoms with van der Waals surface area (Å²) in [5, 5.41) is 1.98. The first-order chi connectivity index (χ1) is 13.1. The maximum atomic E-state index is 14.0. The van der Waals surface area contributed by atoms with Crippen molar-refractivity contribution in [1.29, 1.82) is 0 Å². The second-order valence-electron chi connectivity index (χ2n) is 6.39. The van der Waals surface area contributed by atoms with Crippen molar-refractivity contribution < 1.29 is 31.9 Å². The van der Waals surface area contributed by atoms with Crippen LogP contribution in [0.1, 0.15) is 40.7 Å². The Morgan fingerprint density at radius 3 is 2.68 bits per heavy atom. The van der Waals surface area contributed by atoms with Crippen molar-refractivity contribution in [3.05, 3.63) is 57.9 Å². The molecule has 2 aromatic carbocycles. The molecule has 0 saturated carbocycles. The van der Waals surface area contributed by atoms with Crippen LogP contribution in [0.5, 0.6) is 5.75 Å². The maximum absolute atomic E-state index is 14.0. The van der Waals surface area contributed by atoms with Gasteiger partial charge in [0.05, 0.1) is 16.8 Å². The Morgan fingerprint density at radius 1 is 1.29 bits per heavy atom. The van der Waals surface area contributed by atoms with E-state index in [2.05, 4.69) is 5.32 Å². The summed E-state index contributed by atoms with van der Waals surface area (Å²) in [6.07, 6.45) is -4.59. The van der Waals surface area contributed by atoms with Crippen LogP contribution in [0.15, 0.2) is 30.3 Å². The normalized spacial score (nSPS) is 16.1. The molecule has 0 aliphatic heterocycles. The van der Waals surface area contributed by atoms with Crippen LogP contribution in [0.3, 0.4) is 0 Å². The first-order valence-corrected chi connectivity index (χ1v) is 8.60. The van der Waals surface area contributed by atoms with E-state index in [4.69, 9.17) is 16.3 Å². The summed E-state index contributed by atoms with van der Waals surface area (Å²) in [5.41, 5.74) is -1.28. The number of ether oxygens (including phenoxy) is 1. The van der Waals surface area contributed by atoms with E-state index in [1.807, 2.05) is 0 Å². The Morgan fingerprint density at radius 2 is 2.00 bits per heavy atom. The topological polar surface area (TPSA) is 55.4 Å². The standard InChI is InChI=1S/C19H14ClF4NO3/c1-9-6-14(26)18-15(5-3-12(21)17(9)18)28-8-16(27)25-13-4-2-10(20)7-11(13)19(22,23)24/h2-5,7,9H,6,8H2,1H3,(H,25,27). The fourth-order valence-electron chi connectivity index (χ4n) is 3.14. The number of carbonyl (C=O) groups is 2. The lowest BCUT2D eigenvalue weighted by atomic mass is 10.0. The highest BCUT2D eigenvalue weighted by Crippen LogP contribution is 2.40. The van der Waals surface area contributed by atoms with Gasteiger partial charge < -0.3 is 10.1 Å². The van der Waals surface area contributed by atoms with E-state index >= 15 is 0 Å². The number of halogens is 5. The molecular formula is C19H14ClF4NO3. The van der Waals surface area contributed by atoms with E-state index in [0.717, 1.165) is 12.1 Å². The highest BCUT2D eigenvalue weighted by molar-refractivity contribution is 6.30. The van der Waals surface area contributed by atoms with Crippen molar-refractivity contribution in [3.8, 4) is 5.75 Å². The molecule has 148 valence electrons. The van der Waals surface area contributed by atoms with Gasteiger partial charge in [-0.25, -0.2) is 4.39 Å². The second kappa shape index (κ2) is 7.43. The first-order valence-electron chi connectivity index (χ1n) is 8.23. The Labute approximate surface area is 162 Å². The molecular weight excluding hydrogens is 402 g/mol. The van der Waals surface area contributed by atoms with Gasteiger partial charge >= 0.3 is 6.18 Å². The molecule has 1 N–H and O–H groups in total. The number of ketones is 1. The molecule has 0 bridgehead atoms. The Hall–Kier alpha value is -2.61. The lowest BCUT2D eigenvalue weighted by Gasteiger charge is -2.15. The number of benzene rings is 2. The van der Waals surface area contributed by atoms with Crippen molar-refractivity contribution in [2.24, 2.45) is 0 Å². The predicted molar refractivity (Wildman–Crippen MR) is 94.3 cm³/mol. The molecule has 1 aliphatic rings. The van der Waals surface area contributed by atoms with E-state index in [0.29, 0.717) is 6.07 Å². The lowest BCUT2D eigenvalue weighted by molar-refractivity contribution is -0.137. The van der Waals surface area contributed by atoms with Gasteiger partial charge in [0.15, 0.2) is 12.4 Å². The van der Waals surface area contributed by atoms with Crippen LogP contribution in [0, 0.1) is 5.82 Å². The Balaban J connectivity index is 1.76. The van der Waals surface area contributed by atoms with Gasteiger partial charge in [0.1, 0.15) is 11.6 Å². The molecule has 0 aromatic heterocycles. The van der Waals surface area contributed by atoms with E-state index in [1.165, 1.54) is 12.1 Å². The molecule has 1 amide bonds. The summed E-state index contributed by atoms with van der Waals surface area (Å²) in [5.74, 6) is -2.02. The molecule has 0 radical (unpaired) electrons. The second-order valence-corrected chi connectivity index (χ2v) is 6.82. The third-order valence-electron chi connectivity index (χ3n) is 4.34. The van der Waals surface area contributed by atoms with Gasteiger partial charge in [0.2, 0.25) is 0 Å². The minimum Gasteiger partial charge on any atom is -0.483 e. The largest absolute Gasteiger partial charge is 0.483 e. The van der Waals surface area contributed by atoms with Gasteiger partial charge in [-0.05, 0) is 36.2 Å². The van der Waals surface area contributed by atoms with E-state index < -0.39 is 35.8 Å². The molecule has 0 spiro atoms. The molecule has 2 aromatic rings. The highest BCUT2D eigenvalue weighted by atomic mass is 35.5. The lowest BCUT2D eigenvalue weighted by Crippen LogP contribution is -2.23. The maximum Gasteiger partial charge on any atom is 0.418 e. The fourth-order valence-corrected chi connectivity index (χ4v) is 3.31. The molecule has 0 saturated heterocycles. The minimum absolute atomic E-state index is 0.0213. The SMILES string of the molecule is CC1CC(=O)c2c(OCC(=O)Nc3ccc(Cl)cc3C(F)(F)F)ccc(F)c21. The number of hydrogen-bond donors (Lipinski definition) is 1. The van der Waals surface area contributed by atoms with Gasteiger partial charge in [0.25, 0.3) is 5.91 Å². The van der Waals surface area contributed by atoms with Crippen LogP contribution in [0.25, 0.3) is 0 Å². The van der Waals surface area contributed by atoms with Gasteiger partial charge in [-0.1, -0.05) is 18.5 Å². The van der Waals surface area contributed by atoms with Crippen molar-refractivity contribution in [2.45, 2.75) is 25.4 Å². The summed E-state index contributed by atoms with van der Waals surface area (Å²) in [6.45, 7) is 1.04. The zero-order valence-corrected chi connectivity index (χ0v) is 15.2. The van der Waals surface area contributed by atoms with Crippen LogP contribution in [-0.2, 0) is 11.0 Å². The van der Waals surface area contributed by atoms with E-state index in [9.17, 15) is 27.2 Å². The number of Topliss-reactive ketones (excluding diaryl/α,β-unsaturated/α-hetero) is 1. The minimum atomic E-state index is -4.71. The number of amides is 1. The van der Waals surface area contributed by atoms with Gasteiger partial charge in [-0.2, -0.15) is 13.2 Å². The molecule has 28 heavy (non-hydrogen) atoms. The number of alkyl halides is 3. The number of hydrogen-bond acceptors (Lipinski definition) is 3. The summed E-state index contributed by atoms with van der Waals surface area (Å²) in [4.78, 5) is 24.2. The van der Waals surface area contributed by atoms with Crippen LogP contribution in [-0.4, -0.2) is 18.3 Å². The van der Waals surface area contributed by atoms with E-state index in [1.54, 1.807) is 6.92 Å². The highest BCUT2D eigenvalue weighted by Gasteiger charge is 2.35. The van der Waals surface area contributed by atoms with E-state index in [-0.39, 0.29) is 40.0 Å². The summed E-state index contributed by atoms with van der Waals surface area (Å²) >= 11 is 5.59. The van der Waals surface area contributed by atoms with Crippen molar-refractivity contribution in [1.82, 2.24) is 0 Å². The number of rotatable bonds is 4. The van der Waals surface area contributed by atoms with Crippen LogP contribution < -0.4 is 10.1 Å². The third-order valence-corrected chi connectivity index (χ3v) is 4.57. The molecule has 1 aliphatic carbocycles. The summed E-state index contributed by atoms with van der Waals surface area (Å²) in [7, 11) is 0. The molecule has 9 heteroatoms. The smallest absolute Gasteiger partial charge is 0.418 e. The zero-order valence-electron chi connectivity index (χ0n) is 14.5. The predicted octanol–water partition coefficient (Wildman–Crippen LogP) is 5.21. The quantitative estimate of drug-likeness (QED) is 0.698. The third kappa shape index (κ3) is 3.96. The van der Waals surface area contributed by atoms with Gasteiger partial charge in [-0.3, -0.25) is 9.59 Å². The monoisotopic (exact) mass is 415 g/mol. The summed E-state index contributed by atoms with van der Waals surface area (Å²) < 4.78 is 58.5. The molecule has 3 rings (SSSR count). The van der Waals surface area contributed by atoms with Crippen LogP contribution in [0.2, 0.25) is 5.02 Å². The van der Waals surface area contributed by atoms with Crippen LogP contribution in [0.4, 0.5) is 23.2 Å². The average molecular weight is 416 g/mol. The Kier molecular flexibility index (Phi) is 5.34. The van der Waals surface area contributed by atoms with Crippen molar-refractivity contribution in [3.63, 3.8) is 0 Å². The molecule has 4 nitrogen and oxygen atoms in total. The molecule has 0 heterocycles. The zero-order chi connectivity index (χ0) is 20.6.